The predicted molar refractivity (Wildman–Crippen MR) is 64.3 cm³/mol. The summed E-state index contributed by atoms with van der Waals surface area (Å²) >= 11 is 0. The van der Waals surface area contributed by atoms with Crippen molar-refractivity contribution in [3.63, 3.8) is 0 Å². The lowest BCUT2D eigenvalue weighted by atomic mass is 10.2. The molecule has 1 aliphatic rings. The maximum absolute atomic E-state index is 12.6. The molecule has 19 heavy (non-hydrogen) atoms. The van der Waals surface area contributed by atoms with Gasteiger partial charge in [0.05, 0.1) is 17.1 Å². The van der Waals surface area contributed by atoms with Crippen molar-refractivity contribution in [2.45, 2.75) is 18.6 Å². The van der Waals surface area contributed by atoms with Crippen LogP contribution in [-0.2, 0) is 16.0 Å². The Morgan fingerprint density at radius 1 is 1.37 bits per heavy atom. The van der Waals surface area contributed by atoms with Gasteiger partial charge in [-0.15, -0.1) is 0 Å². The van der Waals surface area contributed by atoms with Gasteiger partial charge in [-0.25, -0.2) is 13.4 Å². The summed E-state index contributed by atoms with van der Waals surface area (Å²) in [7, 11) is -3.11. The fraction of sp³-hybridized carbons (Fsp3) is 0.500. The predicted octanol–water partition coefficient (Wildman–Crippen LogP) is 1.28. The number of halogens is 3. The first-order chi connectivity index (χ1) is 8.66. The third kappa shape index (κ3) is 3.49. The number of aromatic nitrogens is 1. The van der Waals surface area contributed by atoms with Gasteiger partial charge in [-0.05, 0) is 18.6 Å². The SMILES string of the molecule is Nc1cc(C(F)(F)F)cc(NC2CCS(=O)(=O)C2)n1. The van der Waals surface area contributed by atoms with Crippen molar-refractivity contribution in [2.24, 2.45) is 0 Å². The van der Waals surface area contributed by atoms with Crippen LogP contribution in [0.25, 0.3) is 0 Å². The van der Waals surface area contributed by atoms with E-state index in [0.29, 0.717) is 6.42 Å². The lowest BCUT2D eigenvalue weighted by Gasteiger charge is -2.14. The third-order valence-electron chi connectivity index (χ3n) is 2.76. The van der Waals surface area contributed by atoms with E-state index >= 15 is 0 Å². The highest BCUT2D eigenvalue weighted by Gasteiger charge is 2.32. The molecule has 0 bridgehead atoms. The monoisotopic (exact) mass is 295 g/mol. The molecule has 3 N–H and O–H groups in total. The first kappa shape index (κ1) is 13.9. The van der Waals surface area contributed by atoms with Crippen molar-refractivity contribution < 1.29 is 21.6 Å². The number of nitrogens with zero attached hydrogens (tertiary/aromatic N) is 1. The van der Waals surface area contributed by atoms with Crippen molar-refractivity contribution in [3.05, 3.63) is 17.7 Å². The number of anilines is 2. The second-order valence-corrected chi connectivity index (χ2v) is 6.64. The molecule has 5 nitrogen and oxygen atoms in total. The van der Waals surface area contributed by atoms with Crippen LogP contribution < -0.4 is 11.1 Å². The Hall–Kier alpha value is -1.51. The number of sulfone groups is 1. The summed E-state index contributed by atoms with van der Waals surface area (Å²) in [6, 6.07) is 1.12. The molecule has 1 saturated heterocycles. The molecule has 0 radical (unpaired) electrons. The van der Waals surface area contributed by atoms with Crippen LogP contribution >= 0.6 is 0 Å². The van der Waals surface area contributed by atoms with Gasteiger partial charge >= 0.3 is 6.18 Å². The van der Waals surface area contributed by atoms with Crippen LogP contribution in [0.15, 0.2) is 12.1 Å². The highest BCUT2D eigenvalue weighted by Crippen LogP contribution is 2.31. The average molecular weight is 295 g/mol. The van der Waals surface area contributed by atoms with Gasteiger partial charge in [-0.3, -0.25) is 0 Å². The minimum atomic E-state index is -4.52. The van der Waals surface area contributed by atoms with Crippen LogP contribution in [0.2, 0.25) is 0 Å². The lowest BCUT2D eigenvalue weighted by Crippen LogP contribution is -2.22. The zero-order valence-electron chi connectivity index (χ0n) is 9.74. The molecule has 1 aliphatic heterocycles. The Kier molecular flexibility index (Phi) is 3.33. The molecule has 0 amide bonds. The maximum Gasteiger partial charge on any atom is 0.416 e. The molecule has 106 valence electrons. The normalized spacial score (nSPS) is 22.4. The highest BCUT2D eigenvalue weighted by molar-refractivity contribution is 7.91. The van der Waals surface area contributed by atoms with Crippen molar-refractivity contribution in [1.82, 2.24) is 4.98 Å². The number of nitrogens with one attached hydrogen (secondary N) is 1. The topological polar surface area (TPSA) is 85.1 Å². The Labute approximate surface area is 107 Å². The van der Waals surface area contributed by atoms with Crippen LogP contribution in [0.3, 0.4) is 0 Å². The van der Waals surface area contributed by atoms with Gasteiger partial charge in [0.15, 0.2) is 9.84 Å². The fourth-order valence-electron chi connectivity index (χ4n) is 1.91. The number of nitrogens with two attached hydrogens (primary N) is 1. The average Bonchev–Trinajstić information content (AvgIpc) is 2.55. The quantitative estimate of drug-likeness (QED) is 0.858. The van der Waals surface area contributed by atoms with Crippen LogP contribution in [0, 0.1) is 0 Å². The third-order valence-corrected chi connectivity index (χ3v) is 4.52. The molecule has 0 aromatic carbocycles. The zero-order chi connectivity index (χ0) is 14.3. The lowest BCUT2D eigenvalue weighted by molar-refractivity contribution is -0.137. The number of alkyl halides is 3. The van der Waals surface area contributed by atoms with Crippen LogP contribution in [0.4, 0.5) is 24.8 Å². The molecule has 0 spiro atoms. The molecule has 9 heteroatoms. The Balaban J connectivity index is 2.20. The van der Waals surface area contributed by atoms with E-state index in [1.165, 1.54) is 0 Å². The van der Waals surface area contributed by atoms with Gasteiger partial charge in [0.2, 0.25) is 0 Å². The van der Waals surface area contributed by atoms with E-state index in [0.717, 1.165) is 12.1 Å². The minimum absolute atomic E-state index is 0.0269. The summed E-state index contributed by atoms with van der Waals surface area (Å²) in [6.07, 6.45) is -4.17. The van der Waals surface area contributed by atoms with Crippen molar-refractivity contribution in [3.8, 4) is 0 Å². The van der Waals surface area contributed by atoms with E-state index in [9.17, 15) is 21.6 Å². The highest BCUT2D eigenvalue weighted by atomic mass is 32.2. The maximum atomic E-state index is 12.6. The number of rotatable bonds is 2. The second kappa shape index (κ2) is 4.55. The molecule has 2 rings (SSSR count). The van der Waals surface area contributed by atoms with Crippen LogP contribution in [-0.4, -0.2) is 30.9 Å². The summed E-state index contributed by atoms with van der Waals surface area (Å²) in [5.41, 5.74) is 4.40. The van der Waals surface area contributed by atoms with Gasteiger partial charge in [-0.1, -0.05) is 0 Å². The van der Waals surface area contributed by atoms with Crippen LogP contribution in [0.1, 0.15) is 12.0 Å². The Morgan fingerprint density at radius 2 is 2.05 bits per heavy atom. The van der Waals surface area contributed by atoms with Crippen molar-refractivity contribution >= 4 is 21.5 Å². The molecular formula is C10H12F3N3O2S. The summed E-state index contributed by atoms with van der Waals surface area (Å²) < 4.78 is 60.3. The summed E-state index contributed by atoms with van der Waals surface area (Å²) in [5, 5.41) is 2.68. The van der Waals surface area contributed by atoms with Gasteiger partial charge in [-0.2, -0.15) is 13.2 Å². The van der Waals surface area contributed by atoms with Crippen LogP contribution in [0.5, 0.6) is 0 Å². The molecule has 2 heterocycles. The summed E-state index contributed by atoms with van der Waals surface area (Å²) in [6.45, 7) is 0. The Morgan fingerprint density at radius 3 is 2.58 bits per heavy atom. The first-order valence-corrected chi connectivity index (χ1v) is 7.29. The van der Waals surface area contributed by atoms with E-state index in [-0.39, 0.29) is 23.1 Å². The molecule has 1 aromatic heterocycles. The largest absolute Gasteiger partial charge is 0.416 e. The number of pyridine rings is 1. The molecule has 1 unspecified atom stereocenters. The molecule has 0 saturated carbocycles. The van der Waals surface area contributed by atoms with Gasteiger partial charge in [0.1, 0.15) is 11.6 Å². The van der Waals surface area contributed by atoms with Gasteiger partial charge < -0.3 is 11.1 Å². The standard InChI is InChI=1S/C10H12F3N3O2S/c11-10(12,13)6-3-8(14)16-9(4-6)15-7-1-2-19(17,18)5-7/h3-4,7H,1-2,5H2,(H3,14,15,16). The van der Waals surface area contributed by atoms with E-state index in [2.05, 4.69) is 10.3 Å². The molecule has 1 fully saturated rings. The van der Waals surface area contributed by atoms with E-state index in [4.69, 9.17) is 5.73 Å². The van der Waals surface area contributed by atoms with E-state index < -0.39 is 27.6 Å². The number of nitrogen functional groups attached to an aromatic ring is 1. The minimum Gasteiger partial charge on any atom is -0.384 e. The fourth-order valence-corrected chi connectivity index (χ4v) is 3.58. The van der Waals surface area contributed by atoms with Gasteiger partial charge in [0, 0.05) is 6.04 Å². The number of hydrogen-bond donors (Lipinski definition) is 2. The second-order valence-electron chi connectivity index (χ2n) is 4.41. The van der Waals surface area contributed by atoms with Crippen molar-refractivity contribution in [2.75, 3.05) is 22.6 Å². The van der Waals surface area contributed by atoms with E-state index in [1.807, 2.05) is 0 Å². The molecular weight excluding hydrogens is 283 g/mol. The molecule has 1 atom stereocenters. The van der Waals surface area contributed by atoms with Crippen molar-refractivity contribution in [1.29, 1.82) is 0 Å². The summed E-state index contributed by atoms with van der Waals surface area (Å²) in [4.78, 5) is 3.73. The first-order valence-electron chi connectivity index (χ1n) is 5.47. The molecule has 0 aliphatic carbocycles. The Bertz CT molecular complexity index is 586. The van der Waals surface area contributed by atoms with Gasteiger partial charge in [0.25, 0.3) is 0 Å². The van der Waals surface area contributed by atoms with E-state index in [1.54, 1.807) is 0 Å². The number of hydrogen-bond acceptors (Lipinski definition) is 5. The summed E-state index contributed by atoms with van der Waals surface area (Å²) in [5.74, 6) is -0.406. The smallest absolute Gasteiger partial charge is 0.384 e. The zero-order valence-corrected chi connectivity index (χ0v) is 10.6. The molecule has 1 aromatic rings.